The molecule has 3 rings (SSSR count). The van der Waals surface area contributed by atoms with Crippen molar-refractivity contribution in [2.75, 3.05) is 0 Å². The summed E-state index contributed by atoms with van der Waals surface area (Å²) in [6.07, 6.45) is 1.94. The van der Waals surface area contributed by atoms with Gasteiger partial charge in [0.05, 0.1) is 10.6 Å². The van der Waals surface area contributed by atoms with E-state index in [4.69, 9.17) is 11.6 Å². The van der Waals surface area contributed by atoms with Crippen LogP contribution in [-0.4, -0.2) is 15.6 Å². The highest BCUT2D eigenvalue weighted by Crippen LogP contribution is 2.32. The van der Waals surface area contributed by atoms with E-state index in [0.29, 0.717) is 21.1 Å². The van der Waals surface area contributed by atoms with Gasteiger partial charge >= 0.3 is 0 Å². The molecule has 0 spiro atoms. The van der Waals surface area contributed by atoms with Crippen molar-refractivity contribution in [3.63, 3.8) is 0 Å². The Hall–Kier alpha value is -1.98. The van der Waals surface area contributed by atoms with Crippen LogP contribution in [0.25, 0.3) is 6.08 Å². The summed E-state index contributed by atoms with van der Waals surface area (Å²) >= 11 is 7.50. The Morgan fingerprint density at radius 3 is 2.65 bits per heavy atom. The molecule has 2 aromatic rings. The fraction of sp³-hybridized carbons (Fsp3) is 0.300. The molecule has 1 saturated heterocycles. The number of thioether (sulfide) groups is 1. The molecule has 1 aliphatic heterocycles. The Kier molecular flexibility index (Phi) is 5.30. The predicted octanol–water partition coefficient (Wildman–Crippen LogP) is 5.54. The third-order valence-corrected chi connectivity index (χ3v) is 5.76. The standard InChI is InChI=1S/C20H22ClN3OS/c1-11(2)24-12(3)9-15(14(24)5)10-18-19(25)23-20(26-18)22-17-8-6-7-16(21)13(17)4/h6-11H,1-5H3,(H,22,23,25)/b18-10+. The Morgan fingerprint density at radius 2 is 2.00 bits per heavy atom. The van der Waals surface area contributed by atoms with Gasteiger partial charge in [0, 0.05) is 22.5 Å². The van der Waals surface area contributed by atoms with Gasteiger partial charge in [-0.05, 0) is 81.8 Å². The smallest absolute Gasteiger partial charge is 0.264 e. The minimum absolute atomic E-state index is 0.122. The lowest BCUT2D eigenvalue weighted by Gasteiger charge is -2.13. The SMILES string of the molecule is Cc1c(Cl)cccc1N=C1NC(=O)/C(=C\c2cc(C)n(C(C)C)c2C)S1. The molecule has 1 fully saturated rings. The maximum atomic E-state index is 12.4. The Labute approximate surface area is 163 Å². The topological polar surface area (TPSA) is 46.4 Å². The summed E-state index contributed by atoms with van der Waals surface area (Å²) in [7, 11) is 0. The molecule has 0 saturated carbocycles. The molecule has 0 atom stereocenters. The van der Waals surface area contributed by atoms with Crippen LogP contribution in [-0.2, 0) is 4.79 Å². The van der Waals surface area contributed by atoms with Gasteiger partial charge in [0.1, 0.15) is 0 Å². The van der Waals surface area contributed by atoms with Crippen LogP contribution < -0.4 is 5.32 Å². The normalized spacial score (nSPS) is 17.6. The van der Waals surface area contributed by atoms with E-state index in [9.17, 15) is 4.79 Å². The Morgan fingerprint density at radius 1 is 1.27 bits per heavy atom. The third-order valence-electron chi connectivity index (χ3n) is 4.44. The largest absolute Gasteiger partial charge is 0.346 e. The van der Waals surface area contributed by atoms with Gasteiger partial charge in [-0.25, -0.2) is 4.99 Å². The van der Waals surface area contributed by atoms with Crippen molar-refractivity contribution in [1.82, 2.24) is 9.88 Å². The summed E-state index contributed by atoms with van der Waals surface area (Å²) in [4.78, 5) is 17.6. The molecule has 2 heterocycles. The van der Waals surface area contributed by atoms with Crippen LogP contribution in [0, 0.1) is 20.8 Å². The maximum absolute atomic E-state index is 12.4. The zero-order chi connectivity index (χ0) is 19.0. The monoisotopic (exact) mass is 387 g/mol. The van der Waals surface area contributed by atoms with E-state index in [1.54, 1.807) is 0 Å². The molecule has 0 unspecified atom stereocenters. The van der Waals surface area contributed by atoms with Gasteiger partial charge in [0.2, 0.25) is 0 Å². The van der Waals surface area contributed by atoms with Gasteiger partial charge in [0.25, 0.3) is 5.91 Å². The summed E-state index contributed by atoms with van der Waals surface area (Å²) in [5.41, 5.74) is 5.08. The molecule has 0 bridgehead atoms. The average molecular weight is 388 g/mol. The molecule has 1 aromatic carbocycles. The number of aromatic nitrogens is 1. The molecular weight excluding hydrogens is 366 g/mol. The first-order valence-electron chi connectivity index (χ1n) is 8.51. The molecular formula is C20H22ClN3OS. The lowest BCUT2D eigenvalue weighted by Crippen LogP contribution is -2.19. The van der Waals surface area contributed by atoms with Gasteiger partial charge < -0.3 is 9.88 Å². The van der Waals surface area contributed by atoms with E-state index in [1.165, 1.54) is 17.5 Å². The summed E-state index contributed by atoms with van der Waals surface area (Å²) in [6, 6.07) is 8.07. The highest BCUT2D eigenvalue weighted by molar-refractivity contribution is 8.18. The second kappa shape index (κ2) is 7.33. The highest BCUT2D eigenvalue weighted by atomic mass is 35.5. The van der Waals surface area contributed by atoms with Gasteiger partial charge in [-0.3, -0.25) is 4.79 Å². The number of halogens is 1. The van der Waals surface area contributed by atoms with E-state index in [1.807, 2.05) is 31.2 Å². The molecule has 1 amide bonds. The fourth-order valence-electron chi connectivity index (χ4n) is 3.19. The Bertz CT molecular complexity index is 941. The number of nitrogens with zero attached hydrogens (tertiary/aromatic N) is 2. The zero-order valence-electron chi connectivity index (χ0n) is 15.6. The molecule has 1 aliphatic rings. The van der Waals surface area contributed by atoms with Crippen molar-refractivity contribution in [3.8, 4) is 0 Å². The van der Waals surface area contributed by atoms with Crippen LogP contribution in [0.1, 0.15) is 42.4 Å². The van der Waals surface area contributed by atoms with Crippen LogP contribution in [0.5, 0.6) is 0 Å². The van der Waals surface area contributed by atoms with Crippen molar-refractivity contribution in [1.29, 1.82) is 0 Å². The summed E-state index contributed by atoms with van der Waals surface area (Å²) in [6.45, 7) is 10.4. The zero-order valence-corrected chi connectivity index (χ0v) is 17.1. The number of carbonyl (C=O) groups excluding carboxylic acids is 1. The van der Waals surface area contributed by atoms with Gasteiger partial charge in [-0.15, -0.1) is 0 Å². The number of hydrogen-bond acceptors (Lipinski definition) is 3. The van der Waals surface area contributed by atoms with Crippen molar-refractivity contribution in [2.24, 2.45) is 4.99 Å². The average Bonchev–Trinajstić information content (AvgIpc) is 3.04. The van der Waals surface area contributed by atoms with Crippen molar-refractivity contribution < 1.29 is 4.79 Å². The minimum atomic E-state index is -0.122. The number of carbonyl (C=O) groups is 1. The summed E-state index contributed by atoms with van der Waals surface area (Å²) in [5.74, 6) is -0.122. The van der Waals surface area contributed by atoms with Crippen LogP contribution in [0.2, 0.25) is 5.02 Å². The fourth-order valence-corrected chi connectivity index (χ4v) is 4.19. The molecule has 1 aromatic heterocycles. The van der Waals surface area contributed by atoms with Gasteiger partial charge in [-0.2, -0.15) is 0 Å². The van der Waals surface area contributed by atoms with E-state index in [2.05, 4.69) is 48.6 Å². The summed E-state index contributed by atoms with van der Waals surface area (Å²) in [5, 5.41) is 4.08. The minimum Gasteiger partial charge on any atom is -0.346 e. The number of amides is 1. The quantitative estimate of drug-likeness (QED) is 0.703. The first-order chi connectivity index (χ1) is 12.3. The van der Waals surface area contributed by atoms with Crippen LogP contribution in [0.15, 0.2) is 34.2 Å². The lowest BCUT2D eigenvalue weighted by molar-refractivity contribution is -0.115. The van der Waals surface area contributed by atoms with E-state index < -0.39 is 0 Å². The molecule has 0 aliphatic carbocycles. The number of nitrogens with one attached hydrogen (secondary N) is 1. The molecule has 0 radical (unpaired) electrons. The van der Waals surface area contributed by atoms with Crippen LogP contribution in [0.3, 0.4) is 0 Å². The van der Waals surface area contributed by atoms with E-state index in [-0.39, 0.29) is 5.91 Å². The number of amidine groups is 1. The summed E-state index contributed by atoms with van der Waals surface area (Å²) < 4.78 is 2.27. The molecule has 4 nitrogen and oxygen atoms in total. The van der Waals surface area contributed by atoms with Gasteiger partial charge in [0.15, 0.2) is 5.17 Å². The second-order valence-corrected chi connectivity index (χ2v) is 8.09. The number of aliphatic imine (C=N–C) groups is 1. The van der Waals surface area contributed by atoms with Crippen molar-refractivity contribution >= 4 is 46.2 Å². The number of benzene rings is 1. The van der Waals surface area contributed by atoms with Crippen molar-refractivity contribution in [3.05, 3.63) is 56.7 Å². The Balaban J connectivity index is 1.91. The lowest BCUT2D eigenvalue weighted by atomic mass is 10.2. The number of aryl methyl sites for hydroxylation is 1. The molecule has 1 N–H and O–H groups in total. The van der Waals surface area contributed by atoms with E-state index in [0.717, 1.165) is 22.5 Å². The molecule has 6 heteroatoms. The van der Waals surface area contributed by atoms with Crippen molar-refractivity contribution in [2.45, 2.75) is 40.7 Å². The molecule has 26 heavy (non-hydrogen) atoms. The second-order valence-electron chi connectivity index (χ2n) is 6.66. The number of hydrogen-bond donors (Lipinski definition) is 1. The highest BCUT2D eigenvalue weighted by Gasteiger charge is 2.25. The predicted molar refractivity (Wildman–Crippen MR) is 111 cm³/mol. The number of rotatable bonds is 3. The van der Waals surface area contributed by atoms with Crippen LogP contribution in [0.4, 0.5) is 5.69 Å². The maximum Gasteiger partial charge on any atom is 0.264 e. The first-order valence-corrected chi connectivity index (χ1v) is 9.70. The first kappa shape index (κ1) is 18.8. The molecule has 136 valence electrons. The van der Waals surface area contributed by atoms with E-state index >= 15 is 0 Å². The van der Waals surface area contributed by atoms with Gasteiger partial charge in [-0.1, -0.05) is 17.7 Å². The van der Waals surface area contributed by atoms with Crippen LogP contribution >= 0.6 is 23.4 Å². The third kappa shape index (κ3) is 3.60.